The van der Waals surface area contributed by atoms with Crippen molar-refractivity contribution in [2.75, 3.05) is 6.61 Å². The van der Waals surface area contributed by atoms with E-state index >= 15 is 0 Å². The van der Waals surface area contributed by atoms with E-state index in [9.17, 15) is 9.18 Å². The summed E-state index contributed by atoms with van der Waals surface area (Å²) in [5.74, 6) is -0.432. The van der Waals surface area contributed by atoms with Gasteiger partial charge in [0.15, 0.2) is 0 Å². The first-order valence-corrected chi connectivity index (χ1v) is 6.11. The third-order valence-corrected chi connectivity index (χ3v) is 3.32. The van der Waals surface area contributed by atoms with E-state index in [4.69, 9.17) is 16.3 Å². The van der Waals surface area contributed by atoms with Crippen LogP contribution in [0.3, 0.4) is 0 Å². The van der Waals surface area contributed by atoms with Gasteiger partial charge in [-0.05, 0) is 24.5 Å². The zero-order valence-corrected chi connectivity index (χ0v) is 10.2. The lowest BCUT2D eigenvalue weighted by Crippen LogP contribution is -2.14. The molecule has 1 aromatic carbocycles. The van der Waals surface area contributed by atoms with Gasteiger partial charge in [-0.2, -0.15) is 0 Å². The normalized spacial score (nSPS) is 19.5. The first-order valence-electron chi connectivity index (χ1n) is 5.73. The Morgan fingerprint density at radius 1 is 1.53 bits per heavy atom. The predicted molar refractivity (Wildman–Crippen MR) is 63.7 cm³/mol. The van der Waals surface area contributed by atoms with Crippen LogP contribution in [-0.4, -0.2) is 18.5 Å². The minimum absolute atomic E-state index is 0.0369. The fraction of sp³-hybridized carbons (Fsp3) is 0.462. The summed E-state index contributed by atoms with van der Waals surface area (Å²) in [4.78, 5) is 11.8. The standard InChI is InChI=1S/C13H14ClFO2/c14-13-9(3-1-5-12(13)15)7-10(16)8-11-4-2-6-17-11/h1,3,5,11H,2,4,6-8H2. The Bertz CT molecular complexity index is 414. The van der Waals surface area contributed by atoms with Crippen molar-refractivity contribution in [3.63, 3.8) is 0 Å². The highest BCUT2D eigenvalue weighted by molar-refractivity contribution is 6.31. The van der Waals surface area contributed by atoms with E-state index in [0.29, 0.717) is 12.0 Å². The first kappa shape index (κ1) is 12.5. The number of benzene rings is 1. The van der Waals surface area contributed by atoms with Crippen LogP contribution in [0.15, 0.2) is 18.2 Å². The Labute approximate surface area is 105 Å². The molecule has 1 atom stereocenters. The van der Waals surface area contributed by atoms with Crippen LogP contribution >= 0.6 is 11.6 Å². The molecule has 0 N–H and O–H groups in total. The van der Waals surface area contributed by atoms with Crippen molar-refractivity contribution in [3.05, 3.63) is 34.6 Å². The fourth-order valence-electron chi connectivity index (χ4n) is 2.03. The lowest BCUT2D eigenvalue weighted by molar-refractivity contribution is -0.120. The number of carbonyl (C=O) groups is 1. The maximum atomic E-state index is 13.2. The zero-order chi connectivity index (χ0) is 12.3. The van der Waals surface area contributed by atoms with Gasteiger partial charge in [-0.25, -0.2) is 4.39 Å². The minimum atomic E-state index is -0.478. The van der Waals surface area contributed by atoms with Gasteiger partial charge in [-0.15, -0.1) is 0 Å². The van der Waals surface area contributed by atoms with Crippen molar-refractivity contribution in [3.8, 4) is 0 Å². The minimum Gasteiger partial charge on any atom is -0.378 e. The van der Waals surface area contributed by atoms with Crippen LogP contribution in [0.4, 0.5) is 4.39 Å². The van der Waals surface area contributed by atoms with Crippen LogP contribution in [0.25, 0.3) is 0 Å². The number of ketones is 1. The van der Waals surface area contributed by atoms with Gasteiger partial charge in [0.05, 0.1) is 11.1 Å². The Morgan fingerprint density at radius 2 is 2.35 bits per heavy atom. The van der Waals surface area contributed by atoms with Crippen molar-refractivity contribution < 1.29 is 13.9 Å². The summed E-state index contributed by atoms with van der Waals surface area (Å²) in [5, 5.41) is 0.0493. The SMILES string of the molecule is O=C(Cc1cccc(F)c1Cl)CC1CCCO1. The first-order chi connectivity index (χ1) is 8.16. The molecule has 92 valence electrons. The summed E-state index contributed by atoms with van der Waals surface area (Å²) < 4.78 is 18.6. The van der Waals surface area contributed by atoms with Crippen LogP contribution in [0.5, 0.6) is 0 Å². The second-order valence-corrected chi connectivity index (χ2v) is 4.65. The molecular weight excluding hydrogens is 243 g/mol. The van der Waals surface area contributed by atoms with E-state index in [0.717, 1.165) is 19.4 Å². The van der Waals surface area contributed by atoms with Crippen LogP contribution in [0, 0.1) is 5.82 Å². The fourth-order valence-corrected chi connectivity index (χ4v) is 2.22. The maximum absolute atomic E-state index is 13.2. The Morgan fingerprint density at radius 3 is 3.06 bits per heavy atom. The van der Waals surface area contributed by atoms with E-state index in [2.05, 4.69) is 0 Å². The highest BCUT2D eigenvalue weighted by Crippen LogP contribution is 2.22. The molecule has 2 nitrogen and oxygen atoms in total. The van der Waals surface area contributed by atoms with Gasteiger partial charge in [-0.1, -0.05) is 23.7 Å². The average molecular weight is 257 g/mol. The summed E-state index contributed by atoms with van der Waals surface area (Å²) in [6, 6.07) is 4.53. The van der Waals surface area contributed by atoms with Gasteiger partial charge in [-0.3, -0.25) is 4.79 Å². The van der Waals surface area contributed by atoms with E-state index < -0.39 is 5.82 Å². The molecule has 0 spiro atoms. The van der Waals surface area contributed by atoms with Crippen molar-refractivity contribution in [2.45, 2.75) is 31.8 Å². The molecule has 1 saturated heterocycles. The monoisotopic (exact) mass is 256 g/mol. The molecule has 1 aromatic rings. The Balaban J connectivity index is 1.95. The van der Waals surface area contributed by atoms with Crippen LogP contribution in [0.1, 0.15) is 24.8 Å². The molecule has 1 heterocycles. The van der Waals surface area contributed by atoms with Crippen LogP contribution in [-0.2, 0) is 16.0 Å². The van der Waals surface area contributed by atoms with E-state index in [1.165, 1.54) is 6.07 Å². The topological polar surface area (TPSA) is 26.3 Å². The Kier molecular flexibility index (Phi) is 4.13. The molecule has 4 heteroatoms. The quantitative estimate of drug-likeness (QED) is 0.827. The van der Waals surface area contributed by atoms with Gasteiger partial charge in [0.2, 0.25) is 0 Å². The number of hydrogen-bond acceptors (Lipinski definition) is 2. The lowest BCUT2D eigenvalue weighted by atomic mass is 10.0. The summed E-state index contributed by atoms with van der Waals surface area (Å²) in [5.41, 5.74) is 0.551. The number of carbonyl (C=O) groups excluding carboxylic acids is 1. The van der Waals surface area contributed by atoms with Gasteiger partial charge >= 0.3 is 0 Å². The molecule has 0 aromatic heterocycles. The van der Waals surface area contributed by atoms with Crippen LogP contribution in [0.2, 0.25) is 5.02 Å². The molecule has 1 fully saturated rings. The molecule has 0 radical (unpaired) electrons. The molecule has 0 amide bonds. The van der Waals surface area contributed by atoms with E-state index in [1.807, 2.05) is 0 Å². The number of rotatable bonds is 4. The smallest absolute Gasteiger partial charge is 0.142 e. The van der Waals surface area contributed by atoms with E-state index in [1.54, 1.807) is 12.1 Å². The Hall–Kier alpha value is -0.930. The van der Waals surface area contributed by atoms with Gasteiger partial charge in [0.25, 0.3) is 0 Å². The molecular formula is C13H14ClFO2. The summed E-state index contributed by atoms with van der Waals surface area (Å²) in [7, 11) is 0. The number of hydrogen-bond donors (Lipinski definition) is 0. The summed E-state index contributed by atoms with van der Waals surface area (Å²) in [6.07, 6.45) is 2.56. The average Bonchev–Trinajstić information content (AvgIpc) is 2.77. The lowest BCUT2D eigenvalue weighted by Gasteiger charge is -2.09. The third kappa shape index (κ3) is 3.27. The highest BCUT2D eigenvalue weighted by Gasteiger charge is 2.20. The molecule has 17 heavy (non-hydrogen) atoms. The second kappa shape index (κ2) is 5.61. The van der Waals surface area contributed by atoms with Crippen molar-refractivity contribution in [1.29, 1.82) is 0 Å². The number of Topliss-reactive ketones (excluding diaryl/α,β-unsaturated/α-hetero) is 1. The largest absolute Gasteiger partial charge is 0.378 e. The van der Waals surface area contributed by atoms with Gasteiger partial charge in [0, 0.05) is 19.4 Å². The van der Waals surface area contributed by atoms with Gasteiger partial charge in [0.1, 0.15) is 11.6 Å². The molecule has 0 bridgehead atoms. The summed E-state index contributed by atoms with van der Waals surface area (Å²) in [6.45, 7) is 0.735. The maximum Gasteiger partial charge on any atom is 0.142 e. The second-order valence-electron chi connectivity index (χ2n) is 4.27. The highest BCUT2D eigenvalue weighted by atomic mass is 35.5. The van der Waals surface area contributed by atoms with E-state index in [-0.39, 0.29) is 23.3 Å². The van der Waals surface area contributed by atoms with Crippen LogP contribution < -0.4 is 0 Å². The van der Waals surface area contributed by atoms with Crippen molar-refractivity contribution in [2.24, 2.45) is 0 Å². The number of ether oxygens (including phenoxy) is 1. The van der Waals surface area contributed by atoms with Gasteiger partial charge < -0.3 is 4.74 Å². The summed E-state index contributed by atoms with van der Waals surface area (Å²) >= 11 is 5.80. The zero-order valence-electron chi connectivity index (χ0n) is 9.42. The molecule has 2 rings (SSSR count). The van der Waals surface area contributed by atoms with Crippen molar-refractivity contribution >= 4 is 17.4 Å². The number of halogens is 2. The predicted octanol–water partition coefficient (Wildman–Crippen LogP) is 3.16. The molecule has 0 saturated carbocycles. The van der Waals surface area contributed by atoms with Crippen molar-refractivity contribution in [1.82, 2.24) is 0 Å². The molecule has 1 aliphatic heterocycles. The molecule has 0 aliphatic carbocycles. The molecule has 1 unspecified atom stereocenters. The third-order valence-electron chi connectivity index (χ3n) is 2.90. The molecule has 1 aliphatic rings.